The van der Waals surface area contributed by atoms with Crippen LogP contribution in [0.5, 0.6) is 17.2 Å². The summed E-state index contributed by atoms with van der Waals surface area (Å²) >= 11 is 1.58. The monoisotopic (exact) mass is 437 g/mol. The normalized spacial score (nSPS) is 10.9. The van der Waals surface area contributed by atoms with Crippen molar-refractivity contribution < 1.29 is 14.2 Å². The van der Waals surface area contributed by atoms with Crippen LogP contribution in [-0.2, 0) is 6.54 Å². The first-order valence-corrected chi connectivity index (χ1v) is 10.8. The fraction of sp³-hybridized carbons (Fsp3) is 0.227. The number of hydrogen-bond donors (Lipinski definition) is 1. The molecule has 0 saturated carbocycles. The molecular formula is C22H23N5O3S. The lowest BCUT2D eigenvalue weighted by Crippen LogP contribution is -2.10. The van der Waals surface area contributed by atoms with Crippen molar-refractivity contribution in [2.45, 2.75) is 11.7 Å². The van der Waals surface area contributed by atoms with Crippen molar-refractivity contribution in [2.24, 2.45) is 0 Å². The van der Waals surface area contributed by atoms with Crippen molar-refractivity contribution in [2.75, 3.05) is 31.8 Å². The van der Waals surface area contributed by atoms with E-state index in [0.717, 1.165) is 22.4 Å². The second-order valence-corrected chi connectivity index (χ2v) is 7.57. The van der Waals surface area contributed by atoms with E-state index in [4.69, 9.17) is 19.9 Å². The summed E-state index contributed by atoms with van der Waals surface area (Å²) in [6.45, 7) is 1.60. The molecule has 0 aliphatic carbocycles. The molecule has 0 amide bonds. The molecular weight excluding hydrogens is 414 g/mol. The number of methoxy groups -OCH3 is 1. The van der Waals surface area contributed by atoms with Gasteiger partial charge in [0, 0.05) is 5.75 Å². The lowest BCUT2D eigenvalue weighted by atomic mass is 10.3. The third-order valence-electron chi connectivity index (χ3n) is 4.49. The molecule has 0 aliphatic rings. The Bertz CT molecular complexity index is 1120. The molecule has 4 aromatic rings. The molecule has 0 unspecified atom stereocenters. The van der Waals surface area contributed by atoms with Crippen LogP contribution in [0.15, 0.2) is 66.1 Å². The fourth-order valence-electron chi connectivity index (χ4n) is 2.98. The number of anilines is 1. The van der Waals surface area contributed by atoms with Crippen LogP contribution in [0.3, 0.4) is 0 Å². The first-order valence-electron chi connectivity index (χ1n) is 9.79. The number of nitrogens with zero attached hydrogens (tertiary/aromatic N) is 4. The van der Waals surface area contributed by atoms with Crippen LogP contribution in [0, 0.1) is 0 Å². The lowest BCUT2D eigenvalue weighted by Gasteiger charge is -2.10. The highest BCUT2D eigenvalue weighted by Gasteiger charge is 2.15. The standard InChI is InChI=1S/C22H23N5O3S/c1-28-16-7-9-18(10-8-16)30-13-14-31-22-26-19-20(23)24-15-25-21(19)27(22)11-12-29-17-5-3-2-4-6-17/h2-10,15H,11-14H2,1H3,(H2,23,24,25). The topological polar surface area (TPSA) is 97.3 Å². The Balaban J connectivity index is 1.40. The molecule has 0 atom stereocenters. The van der Waals surface area contributed by atoms with E-state index in [-0.39, 0.29) is 0 Å². The summed E-state index contributed by atoms with van der Waals surface area (Å²) < 4.78 is 18.8. The van der Waals surface area contributed by atoms with Gasteiger partial charge in [-0.05, 0) is 36.4 Å². The molecule has 0 fully saturated rings. The molecule has 31 heavy (non-hydrogen) atoms. The van der Waals surface area contributed by atoms with Crippen LogP contribution in [0.1, 0.15) is 0 Å². The number of hydrogen-bond acceptors (Lipinski definition) is 8. The Morgan fingerprint density at radius 3 is 2.39 bits per heavy atom. The summed E-state index contributed by atoms with van der Waals surface area (Å²) in [5, 5.41) is 0.803. The van der Waals surface area contributed by atoms with Crippen molar-refractivity contribution in [3.05, 3.63) is 60.9 Å². The summed E-state index contributed by atoms with van der Waals surface area (Å²) in [5.74, 6) is 3.49. The Morgan fingerprint density at radius 2 is 1.61 bits per heavy atom. The van der Waals surface area contributed by atoms with Crippen LogP contribution in [0.25, 0.3) is 11.2 Å². The number of thioether (sulfide) groups is 1. The first kappa shape index (κ1) is 20.8. The molecule has 0 saturated heterocycles. The summed E-state index contributed by atoms with van der Waals surface area (Å²) in [6, 6.07) is 17.2. The highest BCUT2D eigenvalue weighted by molar-refractivity contribution is 7.99. The molecule has 160 valence electrons. The molecule has 0 spiro atoms. The summed E-state index contributed by atoms with van der Waals surface area (Å²) in [7, 11) is 1.64. The van der Waals surface area contributed by atoms with E-state index < -0.39 is 0 Å². The van der Waals surface area contributed by atoms with Crippen LogP contribution < -0.4 is 19.9 Å². The fourth-order valence-corrected chi connectivity index (χ4v) is 3.82. The van der Waals surface area contributed by atoms with Gasteiger partial charge < -0.3 is 24.5 Å². The van der Waals surface area contributed by atoms with Gasteiger partial charge in [0.25, 0.3) is 0 Å². The van der Waals surface area contributed by atoms with E-state index >= 15 is 0 Å². The molecule has 8 nitrogen and oxygen atoms in total. The Hall–Kier alpha value is -3.46. The van der Waals surface area contributed by atoms with Crippen LogP contribution >= 0.6 is 11.8 Å². The number of benzene rings is 2. The van der Waals surface area contributed by atoms with Gasteiger partial charge >= 0.3 is 0 Å². The van der Waals surface area contributed by atoms with Gasteiger partial charge in [-0.1, -0.05) is 30.0 Å². The number of fused-ring (bicyclic) bond motifs is 1. The van der Waals surface area contributed by atoms with Crippen molar-refractivity contribution in [3.8, 4) is 17.2 Å². The molecule has 0 bridgehead atoms. The van der Waals surface area contributed by atoms with Crippen molar-refractivity contribution in [1.82, 2.24) is 19.5 Å². The van der Waals surface area contributed by atoms with E-state index in [1.165, 1.54) is 6.33 Å². The molecule has 2 aromatic carbocycles. The minimum atomic E-state index is 0.365. The van der Waals surface area contributed by atoms with Gasteiger partial charge in [-0.15, -0.1) is 0 Å². The summed E-state index contributed by atoms with van der Waals surface area (Å²) in [6.07, 6.45) is 1.45. The second kappa shape index (κ2) is 10.0. The maximum Gasteiger partial charge on any atom is 0.170 e. The van der Waals surface area contributed by atoms with Crippen molar-refractivity contribution >= 4 is 28.7 Å². The van der Waals surface area contributed by atoms with E-state index in [2.05, 4.69) is 15.0 Å². The third kappa shape index (κ3) is 5.18. The number of nitrogens with two attached hydrogens (primary N) is 1. The average molecular weight is 438 g/mol. The zero-order chi connectivity index (χ0) is 21.5. The minimum Gasteiger partial charge on any atom is -0.497 e. The highest BCUT2D eigenvalue weighted by Crippen LogP contribution is 2.25. The van der Waals surface area contributed by atoms with E-state index in [1.807, 2.05) is 59.2 Å². The van der Waals surface area contributed by atoms with Gasteiger partial charge in [-0.3, -0.25) is 0 Å². The van der Waals surface area contributed by atoms with Crippen molar-refractivity contribution in [3.63, 3.8) is 0 Å². The van der Waals surface area contributed by atoms with Gasteiger partial charge in [0.05, 0.1) is 20.3 Å². The van der Waals surface area contributed by atoms with Crippen LogP contribution in [-0.4, -0.2) is 45.6 Å². The number of ether oxygens (including phenoxy) is 3. The predicted molar refractivity (Wildman–Crippen MR) is 121 cm³/mol. The maximum atomic E-state index is 6.01. The molecule has 0 aliphatic heterocycles. The first-order chi connectivity index (χ1) is 15.2. The van der Waals surface area contributed by atoms with E-state index in [9.17, 15) is 0 Å². The summed E-state index contributed by atoms with van der Waals surface area (Å²) in [4.78, 5) is 13.1. The molecule has 2 N–H and O–H groups in total. The summed E-state index contributed by atoms with van der Waals surface area (Å²) in [5.41, 5.74) is 7.31. The number of aromatic nitrogens is 4. The highest BCUT2D eigenvalue weighted by atomic mass is 32.2. The number of rotatable bonds is 10. The Labute approximate surface area is 184 Å². The molecule has 0 radical (unpaired) electrons. The van der Waals surface area contributed by atoms with Gasteiger partial charge in [-0.25, -0.2) is 15.0 Å². The van der Waals surface area contributed by atoms with Gasteiger partial charge in [0.2, 0.25) is 0 Å². The van der Waals surface area contributed by atoms with Gasteiger partial charge in [0.15, 0.2) is 22.1 Å². The van der Waals surface area contributed by atoms with Crippen molar-refractivity contribution in [1.29, 1.82) is 0 Å². The zero-order valence-corrected chi connectivity index (χ0v) is 17.9. The molecule has 2 heterocycles. The third-order valence-corrected chi connectivity index (χ3v) is 5.44. The molecule has 4 rings (SSSR count). The van der Waals surface area contributed by atoms with Crippen LogP contribution in [0.2, 0.25) is 0 Å². The molecule has 2 aromatic heterocycles. The minimum absolute atomic E-state index is 0.365. The van der Waals surface area contributed by atoms with E-state index in [1.54, 1.807) is 18.9 Å². The van der Waals surface area contributed by atoms with Crippen LogP contribution in [0.4, 0.5) is 5.82 Å². The number of para-hydroxylation sites is 1. The lowest BCUT2D eigenvalue weighted by molar-refractivity contribution is 0.295. The average Bonchev–Trinajstić information content (AvgIpc) is 3.17. The SMILES string of the molecule is COc1ccc(OCCSc2nc3c(N)ncnc3n2CCOc2ccccc2)cc1. The number of nitrogen functional groups attached to an aromatic ring is 1. The maximum absolute atomic E-state index is 6.01. The zero-order valence-electron chi connectivity index (χ0n) is 17.1. The quantitative estimate of drug-likeness (QED) is 0.296. The smallest absolute Gasteiger partial charge is 0.170 e. The Morgan fingerprint density at radius 1 is 0.903 bits per heavy atom. The van der Waals surface area contributed by atoms with E-state index in [0.29, 0.717) is 42.5 Å². The largest absolute Gasteiger partial charge is 0.497 e. The Kier molecular flexibility index (Phi) is 6.73. The second-order valence-electron chi connectivity index (χ2n) is 6.51. The van der Waals surface area contributed by atoms with Gasteiger partial charge in [0.1, 0.15) is 30.2 Å². The molecule has 9 heteroatoms. The number of imidazole rings is 1. The predicted octanol–water partition coefficient (Wildman–Crippen LogP) is 3.67. The van der Waals surface area contributed by atoms with Gasteiger partial charge in [-0.2, -0.15) is 0 Å².